The van der Waals surface area contributed by atoms with Crippen molar-refractivity contribution >= 4 is 11.6 Å². The molecule has 1 fully saturated rings. The lowest BCUT2D eigenvalue weighted by molar-refractivity contribution is 0.0996. The standard InChI is InChI=1S/C15H21F2N3O/c1-9(2)20-5-3-10(4-6-20)19-14-7-11(15(18)21)12(16)8-13(14)17/h7-10,19H,3-6H2,1-2H3,(H2,18,21). The summed E-state index contributed by atoms with van der Waals surface area (Å²) >= 11 is 0. The van der Waals surface area contributed by atoms with E-state index < -0.39 is 17.5 Å². The van der Waals surface area contributed by atoms with Gasteiger partial charge in [-0.25, -0.2) is 8.78 Å². The Morgan fingerprint density at radius 3 is 2.43 bits per heavy atom. The highest BCUT2D eigenvalue weighted by molar-refractivity contribution is 5.94. The van der Waals surface area contributed by atoms with E-state index in [1.54, 1.807) is 0 Å². The Hall–Kier alpha value is -1.69. The minimum absolute atomic E-state index is 0.112. The number of primary amides is 1. The molecule has 0 radical (unpaired) electrons. The minimum atomic E-state index is -0.930. The van der Waals surface area contributed by atoms with E-state index in [1.165, 1.54) is 0 Å². The molecule has 0 spiro atoms. The van der Waals surface area contributed by atoms with Crippen LogP contribution in [0, 0.1) is 11.6 Å². The van der Waals surface area contributed by atoms with Gasteiger partial charge in [-0.1, -0.05) is 0 Å². The summed E-state index contributed by atoms with van der Waals surface area (Å²) in [5, 5.41) is 3.05. The minimum Gasteiger partial charge on any atom is -0.380 e. The molecule has 3 N–H and O–H groups in total. The van der Waals surface area contributed by atoms with Crippen molar-refractivity contribution in [1.82, 2.24) is 4.90 Å². The fourth-order valence-corrected chi connectivity index (χ4v) is 2.63. The maximum atomic E-state index is 13.8. The van der Waals surface area contributed by atoms with E-state index in [0.717, 1.165) is 32.0 Å². The number of anilines is 1. The smallest absolute Gasteiger partial charge is 0.251 e. The number of carbonyl (C=O) groups excluding carboxylic acids is 1. The molecule has 0 atom stereocenters. The highest BCUT2D eigenvalue weighted by atomic mass is 19.1. The van der Waals surface area contributed by atoms with Gasteiger partial charge in [-0.3, -0.25) is 4.79 Å². The van der Waals surface area contributed by atoms with E-state index in [0.29, 0.717) is 12.1 Å². The molecule has 1 aliphatic rings. The van der Waals surface area contributed by atoms with Crippen LogP contribution in [0.3, 0.4) is 0 Å². The number of benzene rings is 1. The van der Waals surface area contributed by atoms with Crippen LogP contribution in [0.4, 0.5) is 14.5 Å². The summed E-state index contributed by atoms with van der Waals surface area (Å²) in [4.78, 5) is 13.5. The maximum absolute atomic E-state index is 13.8. The zero-order chi connectivity index (χ0) is 15.6. The van der Waals surface area contributed by atoms with Crippen LogP contribution in [-0.4, -0.2) is 36.0 Å². The van der Waals surface area contributed by atoms with Crippen LogP contribution in [0.2, 0.25) is 0 Å². The molecular formula is C15H21F2N3O. The van der Waals surface area contributed by atoms with E-state index >= 15 is 0 Å². The van der Waals surface area contributed by atoms with Crippen molar-refractivity contribution in [3.63, 3.8) is 0 Å². The molecule has 1 heterocycles. The number of likely N-dealkylation sites (tertiary alicyclic amines) is 1. The van der Waals surface area contributed by atoms with E-state index in [1.807, 2.05) is 0 Å². The summed E-state index contributed by atoms with van der Waals surface area (Å²) in [6.45, 7) is 6.15. The van der Waals surface area contributed by atoms with Crippen molar-refractivity contribution in [2.75, 3.05) is 18.4 Å². The number of rotatable bonds is 4. The molecule has 1 aromatic rings. The van der Waals surface area contributed by atoms with Crippen LogP contribution < -0.4 is 11.1 Å². The second-order valence-corrected chi connectivity index (χ2v) is 5.72. The van der Waals surface area contributed by atoms with Gasteiger partial charge >= 0.3 is 0 Å². The third-order valence-corrected chi connectivity index (χ3v) is 3.94. The second-order valence-electron chi connectivity index (χ2n) is 5.72. The van der Waals surface area contributed by atoms with Crippen LogP contribution in [0.5, 0.6) is 0 Å². The number of hydrogen-bond donors (Lipinski definition) is 2. The third kappa shape index (κ3) is 3.69. The zero-order valence-corrected chi connectivity index (χ0v) is 12.3. The van der Waals surface area contributed by atoms with Crippen molar-refractivity contribution in [1.29, 1.82) is 0 Å². The van der Waals surface area contributed by atoms with Gasteiger partial charge in [0.2, 0.25) is 0 Å². The Bertz CT molecular complexity index is 526. The van der Waals surface area contributed by atoms with Crippen LogP contribution >= 0.6 is 0 Å². The molecule has 116 valence electrons. The molecule has 4 nitrogen and oxygen atoms in total. The van der Waals surface area contributed by atoms with Crippen molar-refractivity contribution in [2.45, 2.75) is 38.8 Å². The first-order valence-electron chi connectivity index (χ1n) is 7.18. The van der Waals surface area contributed by atoms with Crippen molar-refractivity contribution in [3.8, 4) is 0 Å². The summed E-state index contributed by atoms with van der Waals surface area (Å²) in [5.41, 5.74) is 4.92. The molecule has 1 saturated heterocycles. The normalized spacial score (nSPS) is 17.2. The highest BCUT2D eigenvalue weighted by Gasteiger charge is 2.22. The first-order valence-corrected chi connectivity index (χ1v) is 7.18. The summed E-state index contributed by atoms with van der Waals surface area (Å²) in [6, 6.07) is 2.46. The summed E-state index contributed by atoms with van der Waals surface area (Å²) in [5.74, 6) is -2.53. The fraction of sp³-hybridized carbons (Fsp3) is 0.533. The summed E-state index contributed by atoms with van der Waals surface area (Å²) in [6.07, 6.45) is 1.75. The van der Waals surface area contributed by atoms with Gasteiger partial charge in [-0.05, 0) is 32.8 Å². The van der Waals surface area contributed by atoms with Gasteiger partial charge in [0, 0.05) is 31.2 Å². The van der Waals surface area contributed by atoms with Gasteiger partial charge in [-0.15, -0.1) is 0 Å². The number of piperidine rings is 1. The quantitative estimate of drug-likeness (QED) is 0.897. The van der Waals surface area contributed by atoms with Crippen LogP contribution in [0.15, 0.2) is 12.1 Å². The van der Waals surface area contributed by atoms with E-state index in [9.17, 15) is 13.6 Å². The maximum Gasteiger partial charge on any atom is 0.251 e. The Morgan fingerprint density at radius 2 is 1.90 bits per heavy atom. The SMILES string of the molecule is CC(C)N1CCC(Nc2cc(C(N)=O)c(F)cc2F)CC1. The highest BCUT2D eigenvalue weighted by Crippen LogP contribution is 2.23. The van der Waals surface area contributed by atoms with Crippen LogP contribution in [0.25, 0.3) is 0 Å². The van der Waals surface area contributed by atoms with Crippen LogP contribution in [-0.2, 0) is 0 Å². The fourth-order valence-electron chi connectivity index (χ4n) is 2.63. The Balaban J connectivity index is 2.07. The Kier molecular flexibility index (Phi) is 4.77. The van der Waals surface area contributed by atoms with Crippen molar-refractivity contribution in [3.05, 3.63) is 29.3 Å². The number of nitrogens with zero attached hydrogens (tertiary/aromatic N) is 1. The van der Waals surface area contributed by atoms with Gasteiger partial charge in [0.15, 0.2) is 0 Å². The Morgan fingerprint density at radius 1 is 1.29 bits per heavy atom. The zero-order valence-electron chi connectivity index (χ0n) is 12.3. The molecular weight excluding hydrogens is 276 g/mol. The largest absolute Gasteiger partial charge is 0.380 e. The number of nitrogens with two attached hydrogens (primary N) is 1. The molecule has 0 unspecified atom stereocenters. The lowest BCUT2D eigenvalue weighted by Crippen LogP contribution is -2.42. The predicted octanol–water partition coefficient (Wildman–Crippen LogP) is 2.35. The van der Waals surface area contributed by atoms with Gasteiger partial charge in [-0.2, -0.15) is 0 Å². The topological polar surface area (TPSA) is 58.4 Å². The van der Waals surface area contributed by atoms with Gasteiger partial charge < -0.3 is 16.0 Å². The molecule has 6 heteroatoms. The van der Waals surface area contributed by atoms with E-state index in [-0.39, 0.29) is 17.3 Å². The summed E-state index contributed by atoms with van der Waals surface area (Å²) in [7, 11) is 0. The number of carbonyl (C=O) groups is 1. The molecule has 0 saturated carbocycles. The predicted molar refractivity (Wildman–Crippen MR) is 78.2 cm³/mol. The van der Waals surface area contributed by atoms with E-state index in [2.05, 4.69) is 24.1 Å². The van der Waals surface area contributed by atoms with Crippen molar-refractivity contribution < 1.29 is 13.6 Å². The number of halogens is 2. The average Bonchev–Trinajstić information content (AvgIpc) is 2.42. The Labute approximate surface area is 123 Å². The third-order valence-electron chi connectivity index (χ3n) is 3.94. The number of hydrogen-bond acceptors (Lipinski definition) is 3. The number of nitrogens with one attached hydrogen (secondary N) is 1. The molecule has 0 bridgehead atoms. The second kappa shape index (κ2) is 6.39. The first-order chi connectivity index (χ1) is 9.88. The molecule has 2 rings (SSSR count). The lowest BCUT2D eigenvalue weighted by atomic mass is 10.0. The first kappa shape index (κ1) is 15.7. The van der Waals surface area contributed by atoms with Crippen molar-refractivity contribution in [2.24, 2.45) is 5.73 Å². The molecule has 1 amide bonds. The average molecular weight is 297 g/mol. The van der Waals surface area contributed by atoms with Gasteiger partial charge in [0.1, 0.15) is 11.6 Å². The monoisotopic (exact) mass is 297 g/mol. The van der Waals surface area contributed by atoms with Crippen LogP contribution in [0.1, 0.15) is 37.0 Å². The summed E-state index contributed by atoms with van der Waals surface area (Å²) < 4.78 is 27.2. The molecule has 0 aromatic heterocycles. The molecule has 21 heavy (non-hydrogen) atoms. The van der Waals surface area contributed by atoms with Gasteiger partial charge in [0.05, 0.1) is 11.3 Å². The molecule has 1 aliphatic heterocycles. The molecule has 1 aromatic carbocycles. The number of amides is 1. The lowest BCUT2D eigenvalue weighted by Gasteiger charge is -2.35. The molecule has 0 aliphatic carbocycles. The van der Waals surface area contributed by atoms with E-state index in [4.69, 9.17) is 5.73 Å². The van der Waals surface area contributed by atoms with Gasteiger partial charge in [0.25, 0.3) is 5.91 Å².